The zero-order valence-electron chi connectivity index (χ0n) is 17.7. The molecule has 2 aromatic rings. The molecule has 2 atom stereocenters. The van der Waals surface area contributed by atoms with Crippen molar-refractivity contribution in [1.29, 1.82) is 0 Å². The summed E-state index contributed by atoms with van der Waals surface area (Å²) >= 11 is 0. The number of alkyl carbamates (subject to hydrolysis) is 1. The van der Waals surface area contributed by atoms with Gasteiger partial charge in [0.25, 0.3) is 5.91 Å². The molecule has 1 aliphatic heterocycles. The number of para-hydroxylation sites is 1. The molecule has 0 aromatic heterocycles. The molecule has 0 spiro atoms. The van der Waals surface area contributed by atoms with Gasteiger partial charge in [-0.05, 0) is 24.6 Å². The van der Waals surface area contributed by atoms with Crippen molar-refractivity contribution in [3.63, 3.8) is 0 Å². The fraction of sp³-hybridized carbons (Fsp3) is 0.348. The van der Waals surface area contributed by atoms with Gasteiger partial charge in [0.05, 0.1) is 6.61 Å². The van der Waals surface area contributed by atoms with Crippen molar-refractivity contribution in [3.05, 3.63) is 66.2 Å². The number of amides is 3. The lowest BCUT2D eigenvalue weighted by Gasteiger charge is -2.33. The minimum absolute atomic E-state index is 0.0694. The van der Waals surface area contributed by atoms with Crippen LogP contribution in [0.4, 0.5) is 10.5 Å². The number of benzene rings is 2. The SMILES string of the molecule is C[C@H](NC(=O)OCc1ccccc1)C(=O)N[C@@]1(C(=O)N(C)c2ccccc2)CCOC1. The summed E-state index contributed by atoms with van der Waals surface area (Å²) in [4.78, 5) is 39.6. The molecule has 8 nitrogen and oxygen atoms in total. The molecule has 1 heterocycles. The average molecular weight is 425 g/mol. The Morgan fingerprint density at radius 1 is 1.10 bits per heavy atom. The van der Waals surface area contributed by atoms with Crippen LogP contribution >= 0.6 is 0 Å². The smallest absolute Gasteiger partial charge is 0.408 e. The molecule has 31 heavy (non-hydrogen) atoms. The van der Waals surface area contributed by atoms with Crippen LogP contribution in [0, 0.1) is 0 Å². The van der Waals surface area contributed by atoms with E-state index in [2.05, 4.69) is 10.6 Å². The number of likely N-dealkylation sites (N-methyl/N-ethyl adjacent to an activating group) is 1. The molecule has 164 valence electrons. The Labute approximate surface area is 181 Å². The van der Waals surface area contributed by atoms with E-state index in [1.807, 2.05) is 60.7 Å². The van der Waals surface area contributed by atoms with Gasteiger partial charge in [-0.1, -0.05) is 48.5 Å². The van der Waals surface area contributed by atoms with E-state index in [0.29, 0.717) is 18.7 Å². The van der Waals surface area contributed by atoms with Crippen molar-refractivity contribution in [3.8, 4) is 0 Å². The maximum absolute atomic E-state index is 13.2. The van der Waals surface area contributed by atoms with Gasteiger partial charge < -0.3 is 25.0 Å². The van der Waals surface area contributed by atoms with Gasteiger partial charge in [0.1, 0.15) is 18.2 Å². The third-order valence-corrected chi connectivity index (χ3v) is 5.18. The number of rotatable bonds is 7. The predicted octanol–water partition coefficient (Wildman–Crippen LogP) is 2.24. The Kier molecular flexibility index (Phi) is 7.25. The maximum Gasteiger partial charge on any atom is 0.408 e. The van der Waals surface area contributed by atoms with Crippen LogP contribution in [-0.4, -0.2) is 49.7 Å². The van der Waals surface area contributed by atoms with Gasteiger partial charge in [-0.15, -0.1) is 0 Å². The lowest BCUT2D eigenvalue weighted by Crippen LogP contribution is -2.62. The molecule has 0 aliphatic carbocycles. The normalized spacial score (nSPS) is 18.6. The molecular formula is C23H27N3O5. The molecule has 0 unspecified atom stereocenters. The zero-order chi connectivity index (χ0) is 22.3. The quantitative estimate of drug-likeness (QED) is 0.709. The van der Waals surface area contributed by atoms with E-state index < -0.39 is 23.6 Å². The Bertz CT molecular complexity index is 898. The number of ether oxygens (including phenoxy) is 2. The first-order valence-corrected chi connectivity index (χ1v) is 10.1. The van der Waals surface area contributed by atoms with Gasteiger partial charge >= 0.3 is 6.09 Å². The first-order valence-electron chi connectivity index (χ1n) is 10.1. The van der Waals surface area contributed by atoms with E-state index in [0.717, 1.165) is 5.56 Å². The maximum atomic E-state index is 13.2. The summed E-state index contributed by atoms with van der Waals surface area (Å²) < 4.78 is 10.6. The molecule has 2 N–H and O–H groups in total. The molecule has 8 heteroatoms. The molecule has 2 aromatic carbocycles. The van der Waals surface area contributed by atoms with Crippen molar-refractivity contribution in [2.75, 3.05) is 25.2 Å². The number of anilines is 1. The second-order valence-electron chi connectivity index (χ2n) is 7.50. The lowest BCUT2D eigenvalue weighted by atomic mass is 9.95. The van der Waals surface area contributed by atoms with Crippen molar-refractivity contribution < 1.29 is 23.9 Å². The fourth-order valence-electron chi connectivity index (χ4n) is 3.33. The molecule has 3 rings (SSSR count). The first-order chi connectivity index (χ1) is 14.9. The van der Waals surface area contributed by atoms with E-state index in [1.54, 1.807) is 7.05 Å². The molecule has 0 radical (unpaired) electrons. The Hall–Kier alpha value is -3.39. The molecule has 1 aliphatic rings. The van der Waals surface area contributed by atoms with Crippen molar-refractivity contribution in [1.82, 2.24) is 10.6 Å². The molecule has 1 fully saturated rings. The summed E-state index contributed by atoms with van der Waals surface area (Å²) in [6, 6.07) is 17.5. The highest BCUT2D eigenvalue weighted by Gasteiger charge is 2.46. The summed E-state index contributed by atoms with van der Waals surface area (Å²) in [7, 11) is 1.66. The van der Waals surface area contributed by atoms with Crippen molar-refractivity contribution in [2.45, 2.75) is 31.5 Å². The van der Waals surface area contributed by atoms with Crippen LogP contribution in [0.25, 0.3) is 0 Å². The van der Waals surface area contributed by atoms with E-state index in [-0.39, 0.29) is 19.1 Å². The number of nitrogens with one attached hydrogen (secondary N) is 2. The monoisotopic (exact) mass is 425 g/mol. The van der Waals surface area contributed by atoms with E-state index in [9.17, 15) is 14.4 Å². The predicted molar refractivity (Wildman–Crippen MR) is 115 cm³/mol. The fourth-order valence-corrected chi connectivity index (χ4v) is 3.33. The first kappa shape index (κ1) is 22.3. The zero-order valence-corrected chi connectivity index (χ0v) is 17.7. The minimum Gasteiger partial charge on any atom is -0.445 e. The van der Waals surface area contributed by atoms with Crippen molar-refractivity contribution in [2.24, 2.45) is 0 Å². The second-order valence-corrected chi connectivity index (χ2v) is 7.50. The van der Waals surface area contributed by atoms with Crippen LogP contribution in [0.15, 0.2) is 60.7 Å². The third-order valence-electron chi connectivity index (χ3n) is 5.18. The molecule has 0 bridgehead atoms. The van der Waals surface area contributed by atoms with Gasteiger partial charge in [0.2, 0.25) is 5.91 Å². The summed E-state index contributed by atoms with van der Waals surface area (Å²) in [6.07, 6.45) is -0.365. The number of hydrogen-bond donors (Lipinski definition) is 2. The summed E-state index contributed by atoms with van der Waals surface area (Å²) in [5, 5.41) is 5.30. The van der Waals surface area contributed by atoms with Gasteiger partial charge in [0, 0.05) is 25.8 Å². The van der Waals surface area contributed by atoms with Crippen LogP contribution in [-0.2, 0) is 25.7 Å². The summed E-state index contributed by atoms with van der Waals surface area (Å²) in [5.41, 5.74) is 0.362. The minimum atomic E-state index is -1.19. The second kappa shape index (κ2) is 10.1. The van der Waals surface area contributed by atoms with E-state index >= 15 is 0 Å². The molecule has 1 saturated heterocycles. The largest absolute Gasteiger partial charge is 0.445 e. The molecule has 0 saturated carbocycles. The standard InChI is InChI=1S/C23H27N3O5/c1-17(24-22(29)31-15-18-9-5-3-6-10-18)20(27)25-23(13-14-30-16-23)21(28)26(2)19-11-7-4-8-12-19/h3-12,17H,13-16H2,1-2H3,(H,24,29)(H,25,27)/t17-,23-/m0/s1. The number of carbonyl (C=O) groups excluding carboxylic acids is 3. The number of hydrogen-bond acceptors (Lipinski definition) is 5. The highest BCUT2D eigenvalue weighted by atomic mass is 16.5. The highest BCUT2D eigenvalue weighted by molar-refractivity contribution is 6.03. The molecule has 3 amide bonds. The Morgan fingerprint density at radius 2 is 1.74 bits per heavy atom. The van der Waals surface area contributed by atoms with Crippen LogP contribution in [0.3, 0.4) is 0 Å². The van der Waals surface area contributed by atoms with Gasteiger partial charge in [0.15, 0.2) is 0 Å². The Morgan fingerprint density at radius 3 is 2.35 bits per heavy atom. The highest BCUT2D eigenvalue weighted by Crippen LogP contribution is 2.24. The van der Waals surface area contributed by atoms with Crippen LogP contribution in [0.1, 0.15) is 18.9 Å². The number of carbonyl (C=O) groups is 3. The van der Waals surface area contributed by atoms with Crippen LogP contribution in [0.2, 0.25) is 0 Å². The van der Waals surface area contributed by atoms with Gasteiger partial charge in [-0.25, -0.2) is 4.79 Å². The average Bonchev–Trinajstić information content (AvgIpc) is 3.27. The van der Waals surface area contributed by atoms with E-state index in [4.69, 9.17) is 9.47 Å². The lowest BCUT2D eigenvalue weighted by molar-refractivity contribution is -0.132. The van der Waals surface area contributed by atoms with Crippen molar-refractivity contribution >= 4 is 23.6 Å². The topological polar surface area (TPSA) is 97.0 Å². The van der Waals surface area contributed by atoms with Gasteiger partial charge in [-0.2, -0.15) is 0 Å². The third kappa shape index (κ3) is 5.61. The summed E-state index contributed by atoms with van der Waals surface area (Å²) in [6.45, 7) is 2.06. The Balaban J connectivity index is 1.59. The number of nitrogens with zero attached hydrogens (tertiary/aromatic N) is 1. The summed E-state index contributed by atoms with van der Waals surface area (Å²) in [5.74, 6) is -0.764. The molecular weight excluding hydrogens is 398 g/mol. The van der Waals surface area contributed by atoms with Crippen LogP contribution in [0.5, 0.6) is 0 Å². The van der Waals surface area contributed by atoms with Crippen LogP contribution < -0.4 is 15.5 Å². The van der Waals surface area contributed by atoms with Gasteiger partial charge in [-0.3, -0.25) is 9.59 Å². The van der Waals surface area contributed by atoms with E-state index in [1.165, 1.54) is 11.8 Å².